The molecule has 1 atom stereocenters. The average Bonchev–Trinajstić information content (AvgIpc) is 3.16. The topological polar surface area (TPSA) is 75.2 Å². The summed E-state index contributed by atoms with van der Waals surface area (Å²) in [5.41, 5.74) is -0.164. The van der Waals surface area contributed by atoms with Crippen molar-refractivity contribution in [1.29, 1.82) is 0 Å². The fraction of sp³-hybridized carbons (Fsp3) is 0.913. The second-order valence-corrected chi connectivity index (χ2v) is 9.96. The summed E-state index contributed by atoms with van der Waals surface area (Å²) in [5.74, 6) is 1.29. The van der Waals surface area contributed by atoms with Crippen LogP contribution in [-0.2, 0) is 9.47 Å². The summed E-state index contributed by atoms with van der Waals surface area (Å²) in [6.45, 7) is 12.7. The smallest absolute Gasteiger partial charge is 0.410 e. The van der Waals surface area contributed by atoms with E-state index in [0.717, 1.165) is 64.6 Å². The maximum atomic E-state index is 12.4. The van der Waals surface area contributed by atoms with Crippen molar-refractivity contribution in [3.63, 3.8) is 0 Å². The zero-order chi connectivity index (χ0) is 22.0. The molecule has 0 aromatic heterocycles. The lowest BCUT2D eigenvalue weighted by molar-refractivity contribution is 0.0168. The molecule has 2 rings (SSSR count). The van der Waals surface area contributed by atoms with Crippen molar-refractivity contribution in [2.45, 2.75) is 78.2 Å². The number of rotatable bonds is 8. The van der Waals surface area contributed by atoms with Crippen LogP contribution in [-0.4, -0.2) is 69.0 Å². The predicted molar refractivity (Wildman–Crippen MR) is 137 cm³/mol. The minimum atomic E-state index is -0.452. The number of halogens is 1. The van der Waals surface area contributed by atoms with Gasteiger partial charge in [-0.25, -0.2) is 4.79 Å². The number of ether oxygens (including phenoxy) is 2. The van der Waals surface area contributed by atoms with Crippen LogP contribution in [0.3, 0.4) is 0 Å². The Morgan fingerprint density at radius 2 is 1.90 bits per heavy atom. The first-order valence-electron chi connectivity index (χ1n) is 11.8. The van der Waals surface area contributed by atoms with Gasteiger partial charge < -0.3 is 25.0 Å². The maximum Gasteiger partial charge on any atom is 0.410 e. The number of nitrogens with one attached hydrogen (secondary N) is 2. The van der Waals surface area contributed by atoms with E-state index < -0.39 is 5.60 Å². The van der Waals surface area contributed by atoms with Crippen LogP contribution >= 0.6 is 24.0 Å². The van der Waals surface area contributed by atoms with Gasteiger partial charge in [0.25, 0.3) is 0 Å². The van der Waals surface area contributed by atoms with E-state index in [9.17, 15) is 4.79 Å². The summed E-state index contributed by atoms with van der Waals surface area (Å²) in [6, 6.07) is 0. The Bertz CT molecular complexity index is 560. The number of guanidine groups is 1. The lowest BCUT2D eigenvalue weighted by atomic mass is 9.83. The number of amides is 1. The summed E-state index contributed by atoms with van der Waals surface area (Å²) in [5, 5.41) is 6.91. The highest BCUT2D eigenvalue weighted by Gasteiger charge is 2.33. The highest BCUT2D eigenvalue weighted by molar-refractivity contribution is 14.0. The van der Waals surface area contributed by atoms with E-state index in [1.54, 1.807) is 7.11 Å². The van der Waals surface area contributed by atoms with Gasteiger partial charge in [0.05, 0.1) is 0 Å². The van der Waals surface area contributed by atoms with Gasteiger partial charge in [-0.15, -0.1) is 24.0 Å². The predicted octanol–water partition coefficient (Wildman–Crippen LogP) is 4.40. The van der Waals surface area contributed by atoms with Crippen LogP contribution < -0.4 is 10.6 Å². The van der Waals surface area contributed by atoms with Crippen molar-refractivity contribution in [3.8, 4) is 0 Å². The Morgan fingerprint density at radius 3 is 2.52 bits per heavy atom. The van der Waals surface area contributed by atoms with Gasteiger partial charge in [0.1, 0.15) is 5.60 Å². The molecule has 0 aromatic carbocycles. The number of methoxy groups -OCH3 is 1. The highest BCUT2D eigenvalue weighted by atomic mass is 127. The molecule has 0 bridgehead atoms. The van der Waals surface area contributed by atoms with Crippen molar-refractivity contribution in [2.75, 3.05) is 46.4 Å². The summed E-state index contributed by atoms with van der Waals surface area (Å²) >= 11 is 0. The molecule has 2 N–H and O–H groups in total. The minimum absolute atomic E-state index is 0. The van der Waals surface area contributed by atoms with E-state index >= 15 is 0 Å². The Labute approximate surface area is 206 Å². The molecule has 2 fully saturated rings. The second kappa shape index (κ2) is 13.7. The molecule has 31 heavy (non-hydrogen) atoms. The van der Waals surface area contributed by atoms with Crippen LogP contribution in [0.15, 0.2) is 4.99 Å². The molecule has 1 aliphatic carbocycles. The van der Waals surface area contributed by atoms with Gasteiger partial charge in [-0.05, 0) is 71.1 Å². The monoisotopic (exact) mass is 552 g/mol. The molecular formula is C23H45IN4O3. The first-order valence-corrected chi connectivity index (χ1v) is 11.8. The Kier molecular flexibility index (Phi) is 12.5. The van der Waals surface area contributed by atoms with Gasteiger partial charge in [0, 0.05) is 46.4 Å². The summed E-state index contributed by atoms with van der Waals surface area (Å²) in [4.78, 5) is 19.2. The Hall–Kier alpha value is -0.770. The molecule has 1 saturated heterocycles. The molecule has 1 unspecified atom stereocenters. The number of likely N-dealkylation sites (tertiary alicyclic amines) is 1. The molecule has 0 spiro atoms. The number of hydrogen-bond acceptors (Lipinski definition) is 4. The molecular weight excluding hydrogens is 507 g/mol. The summed E-state index contributed by atoms with van der Waals surface area (Å²) < 4.78 is 10.9. The van der Waals surface area contributed by atoms with E-state index in [2.05, 4.69) is 17.6 Å². The van der Waals surface area contributed by atoms with E-state index in [4.69, 9.17) is 14.5 Å². The van der Waals surface area contributed by atoms with Crippen molar-refractivity contribution >= 4 is 36.0 Å². The number of hydrogen-bond donors (Lipinski definition) is 2. The zero-order valence-electron chi connectivity index (χ0n) is 20.3. The number of nitrogens with zero attached hydrogens (tertiary/aromatic N) is 2. The quantitative estimate of drug-likeness (QED) is 0.265. The van der Waals surface area contributed by atoms with Crippen LogP contribution in [0.5, 0.6) is 0 Å². The molecule has 182 valence electrons. The first kappa shape index (κ1) is 28.3. The summed E-state index contributed by atoms with van der Waals surface area (Å²) in [7, 11) is 1.78. The van der Waals surface area contributed by atoms with Crippen LogP contribution in [0.1, 0.15) is 72.6 Å². The van der Waals surface area contributed by atoms with Crippen LogP contribution in [0.25, 0.3) is 0 Å². The molecule has 7 nitrogen and oxygen atoms in total. The van der Waals surface area contributed by atoms with Gasteiger partial charge >= 0.3 is 6.09 Å². The second-order valence-electron chi connectivity index (χ2n) is 9.96. The zero-order valence-corrected chi connectivity index (χ0v) is 22.6. The van der Waals surface area contributed by atoms with E-state index in [1.165, 1.54) is 25.7 Å². The standard InChI is InChI=1S/C23H44N4O3.HI/c1-6-24-20(26-18-23(13-15-29-5)11-7-8-12-23)25-16-19-10-9-14-27(17-19)21(28)30-22(2,3)4;/h19H,6-18H2,1-5H3,(H2,24,25,26);1H. The fourth-order valence-corrected chi connectivity index (χ4v) is 4.48. The third-order valence-corrected chi connectivity index (χ3v) is 6.15. The molecule has 8 heteroatoms. The van der Waals surface area contributed by atoms with Gasteiger partial charge in [-0.3, -0.25) is 4.99 Å². The number of carbonyl (C=O) groups is 1. The molecule has 1 heterocycles. The SMILES string of the molecule is CCNC(=NCC1(CCOC)CCCC1)NCC1CCCN(C(=O)OC(C)(C)C)C1.I. The average molecular weight is 553 g/mol. The van der Waals surface area contributed by atoms with E-state index in [0.29, 0.717) is 5.92 Å². The van der Waals surface area contributed by atoms with Crippen molar-refractivity contribution in [1.82, 2.24) is 15.5 Å². The van der Waals surface area contributed by atoms with E-state index in [1.807, 2.05) is 25.7 Å². The van der Waals surface area contributed by atoms with Gasteiger partial charge in [-0.2, -0.15) is 0 Å². The van der Waals surface area contributed by atoms with Crippen molar-refractivity contribution in [3.05, 3.63) is 0 Å². The molecule has 2 aliphatic rings. The van der Waals surface area contributed by atoms with Crippen LogP contribution in [0.2, 0.25) is 0 Å². The van der Waals surface area contributed by atoms with Gasteiger partial charge in [-0.1, -0.05) is 12.8 Å². The third-order valence-electron chi connectivity index (χ3n) is 6.15. The largest absolute Gasteiger partial charge is 0.444 e. The van der Waals surface area contributed by atoms with Gasteiger partial charge in [0.15, 0.2) is 5.96 Å². The summed E-state index contributed by atoms with van der Waals surface area (Å²) in [6.07, 6.45) is 8.09. The molecule has 1 aliphatic heterocycles. The lowest BCUT2D eigenvalue weighted by Gasteiger charge is -2.34. The molecule has 0 radical (unpaired) electrons. The van der Waals surface area contributed by atoms with Gasteiger partial charge in [0.2, 0.25) is 0 Å². The fourth-order valence-electron chi connectivity index (χ4n) is 4.48. The van der Waals surface area contributed by atoms with Crippen LogP contribution in [0, 0.1) is 11.3 Å². The minimum Gasteiger partial charge on any atom is -0.444 e. The third kappa shape index (κ3) is 10.1. The number of carbonyl (C=O) groups excluding carboxylic acids is 1. The van der Waals surface area contributed by atoms with Crippen LogP contribution in [0.4, 0.5) is 4.79 Å². The normalized spacial score (nSPS) is 21.4. The first-order chi connectivity index (χ1) is 14.3. The maximum absolute atomic E-state index is 12.4. The van der Waals surface area contributed by atoms with E-state index in [-0.39, 0.29) is 35.5 Å². The number of aliphatic imine (C=N–C) groups is 1. The Balaban J connectivity index is 0.00000480. The number of piperidine rings is 1. The highest BCUT2D eigenvalue weighted by Crippen LogP contribution is 2.41. The lowest BCUT2D eigenvalue weighted by Crippen LogP contribution is -2.47. The van der Waals surface area contributed by atoms with Crippen molar-refractivity contribution < 1.29 is 14.3 Å². The molecule has 1 amide bonds. The molecule has 0 aromatic rings. The van der Waals surface area contributed by atoms with Crippen molar-refractivity contribution in [2.24, 2.45) is 16.3 Å². The molecule has 1 saturated carbocycles. The Morgan fingerprint density at radius 1 is 1.19 bits per heavy atom.